The quantitative estimate of drug-likeness (QED) is 0.905. The zero-order valence-electron chi connectivity index (χ0n) is 11.7. The minimum atomic E-state index is -0.651. The lowest BCUT2D eigenvalue weighted by Crippen LogP contribution is -2.47. The number of aliphatic carboxylic acids is 1. The third-order valence-electron chi connectivity index (χ3n) is 4.12. The number of aromatic nitrogens is 1. The monoisotopic (exact) mass is 262 g/mol. The van der Waals surface area contributed by atoms with E-state index >= 15 is 0 Å². The van der Waals surface area contributed by atoms with Crippen molar-refractivity contribution in [2.75, 3.05) is 13.1 Å². The molecule has 0 saturated carbocycles. The second-order valence-electron chi connectivity index (χ2n) is 5.62. The van der Waals surface area contributed by atoms with Crippen LogP contribution in [-0.4, -0.2) is 34.0 Å². The Morgan fingerprint density at radius 2 is 2.32 bits per heavy atom. The Morgan fingerprint density at radius 1 is 1.53 bits per heavy atom. The van der Waals surface area contributed by atoms with E-state index in [9.17, 15) is 9.90 Å². The molecule has 4 heteroatoms. The highest BCUT2D eigenvalue weighted by molar-refractivity contribution is 5.75. The van der Waals surface area contributed by atoms with Crippen molar-refractivity contribution in [3.05, 3.63) is 29.6 Å². The molecule has 1 N–H and O–H groups in total. The molecule has 1 atom stereocenters. The van der Waals surface area contributed by atoms with Gasteiger partial charge in [0.2, 0.25) is 0 Å². The molecule has 2 heterocycles. The molecule has 0 radical (unpaired) electrons. The van der Waals surface area contributed by atoms with Crippen molar-refractivity contribution in [3.63, 3.8) is 0 Å². The topological polar surface area (TPSA) is 53.4 Å². The van der Waals surface area contributed by atoms with E-state index < -0.39 is 11.4 Å². The van der Waals surface area contributed by atoms with Gasteiger partial charge in [-0.05, 0) is 43.9 Å². The second-order valence-corrected chi connectivity index (χ2v) is 5.62. The van der Waals surface area contributed by atoms with Gasteiger partial charge < -0.3 is 5.11 Å². The lowest BCUT2D eigenvalue weighted by molar-refractivity contribution is -0.153. The molecule has 1 aliphatic heterocycles. The smallest absolute Gasteiger partial charge is 0.310 e. The molecule has 1 aromatic rings. The number of hydrogen-bond acceptors (Lipinski definition) is 3. The van der Waals surface area contributed by atoms with Gasteiger partial charge in [-0.2, -0.15) is 0 Å². The molecular formula is C15H22N2O2. The predicted octanol–water partition coefficient (Wildman–Crippen LogP) is 2.47. The molecule has 0 spiro atoms. The van der Waals surface area contributed by atoms with E-state index in [-0.39, 0.29) is 0 Å². The number of aryl methyl sites for hydroxylation is 1. The lowest BCUT2D eigenvalue weighted by atomic mass is 9.77. The standard InChI is InChI=1S/C15H22N2O2/c1-3-15(14(18)19)5-4-6-17(11-15)10-13-7-12(2)8-16-9-13/h7-9H,3-6,10-11H2,1-2H3,(H,18,19). The molecule has 2 rings (SSSR count). The van der Waals surface area contributed by atoms with Crippen molar-refractivity contribution in [1.82, 2.24) is 9.88 Å². The van der Waals surface area contributed by atoms with Gasteiger partial charge in [-0.3, -0.25) is 14.7 Å². The third-order valence-corrected chi connectivity index (χ3v) is 4.12. The summed E-state index contributed by atoms with van der Waals surface area (Å²) >= 11 is 0. The first kappa shape index (κ1) is 14.0. The van der Waals surface area contributed by atoms with Crippen LogP contribution in [0.4, 0.5) is 0 Å². The summed E-state index contributed by atoms with van der Waals surface area (Å²) < 4.78 is 0. The van der Waals surface area contributed by atoms with Crippen LogP contribution >= 0.6 is 0 Å². The summed E-state index contributed by atoms with van der Waals surface area (Å²) in [5, 5.41) is 9.48. The van der Waals surface area contributed by atoms with E-state index in [4.69, 9.17) is 0 Å². The number of rotatable bonds is 4. The summed E-state index contributed by atoms with van der Waals surface area (Å²) in [4.78, 5) is 18.0. The number of carboxylic acid groups (broad SMARTS) is 1. The molecular weight excluding hydrogens is 240 g/mol. The van der Waals surface area contributed by atoms with Gasteiger partial charge in [-0.15, -0.1) is 0 Å². The van der Waals surface area contributed by atoms with Crippen molar-refractivity contribution >= 4 is 5.97 Å². The van der Waals surface area contributed by atoms with Gasteiger partial charge in [0.15, 0.2) is 0 Å². The maximum absolute atomic E-state index is 11.5. The van der Waals surface area contributed by atoms with Crippen molar-refractivity contribution in [2.24, 2.45) is 5.41 Å². The average molecular weight is 262 g/mol. The van der Waals surface area contributed by atoms with Crippen LogP contribution in [0.3, 0.4) is 0 Å². The Kier molecular flexibility index (Phi) is 4.20. The maximum atomic E-state index is 11.5. The molecule has 104 valence electrons. The van der Waals surface area contributed by atoms with Crippen LogP contribution in [0, 0.1) is 12.3 Å². The molecule has 1 fully saturated rings. The van der Waals surface area contributed by atoms with Crippen LogP contribution in [0.5, 0.6) is 0 Å². The second kappa shape index (κ2) is 5.70. The zero-order valence-corrected chi connectivity index (χ0v) is 11.7. The lowest BCUT2D eigenvalue weighted by Gasteiger charge is -2.39. The first-order chi connectivity index (χ1) is 9.05. The fourth-order valence-electron chi connectivity index (χ4n) is 2.94. The SMILES string of the molecule is CCC1(C(=O)O)CCCN(Cc2cncc(C)c2)C1. The molecule has 0 bridgehead atoms. The number of piperidine rings is 1. The highest BCUT2D eigenvalue weighted by atomic mass is 16.4. The summed E-state index contributed by atoms with van der Waals surface area (Å²) in [6, 6.07) is 2.12. The minimum Gasteiger partial charge on any atom is -0.481 e. The Labute approximate surface area is 114 Å². The van der Waals surface area contributed by atoms with Crippen LogP contribution in [0.15, 0.2) is 18.5 Å². The fourth-order valence-corrected chi connectivity index (χ4v) is 2.94. The van der Waals surface area contributed by atoms with E-state index in [1.807, 2.05) is 26.2 Å². The molecule has 0 aromatic carbocycles. The summed E-state index contributed by atoms with van der Waals surface area (Å²) in [5.74, 6) is -0.651. The molecule has 1 aromatic heterocycles. The maximum Gasteiger partial charge on any atom is 0.310 e. The fraction of sp³-hybridized carbons (Fsp3) is 0.600. The molecule has 19 heavy (non-hydrogen) atoms. The Balaban J connectivity index is 2.07. The van der Waals surface area contributed by atoms with E-state index in [2.05, 4.69) is 16.0 Å². The van der Waals surface area contributed by atoms with Crippen LogP contribution in [-0.2, 0) is 11.3 Å². The van der Waals surface area contributed by atoms with Gasteiger partial charge in [-0.25, -0.2) is 0 Å². The van der Waals surface area contributed by atoms with E-state index in [0.717, 1.165) is 37.1 Å². The van der Waals surface area contributed by atoms with Gasteiger partial charge >= 0.3 is 5.97 Å². The van der Waals surface area contributed by atoms with Crippen molar-refractivity contribution in [3.8, 4) is 0 Å². The summed E-state index contributed by atoms with van der Waals surface area (Å²) in [7, 11) is 0. The molecule has 1 saturated heterocycles. The Hall–Kier alpha value is -1.42. The van der Waals surface area contributed by atoms with Crippen LogP contribution in [0.25, 0.3) is 0 Å². The summed E-state index contributed by atoms with van der Waals surface area (Å²) in [6.45, 7) is 6.42. The van der Waals surface area contributed by atoms with Crippen LogP contribution in [0.1, 0.15) is 37.3 Å². The van der Waals surface area contributed by atoms with Crippen molar-refractivity contribution < 1.29 is 9.90 Å². The number of likely N-dealkylation sites (tertiary alicyclic amines) is 1. The normalized spacial score (nSPS) is 24.3. The Morgan fingerprint density at radius 3 is 2.95 bits per heavy atom. The van der Waals surface area contributed by atoms with Crippen LogP contribution < -0.4 is 0 Å². The van der Waals surface area contributed by atoms with Gasteiger partial charge in [0, 0.05) is 25.5 Å². The average Bonchev–Trinajstić information content (AvgIpc) is 2.38. The van der Waals surface area contributed by atoms with Gasteiger partial charge in [0.25, 0.3) is 0 Å². The Bertz CT molecular complexity index is 461. The van der Waals surface area contributed by atoms with Crippen LogP contribution in [0.2, 0.25) is 0 Å². The molecule has 0 amide bonds. The van der Waals surface area contributed by atoms with Gasteiger partial charge in [-0.1, -0.05) is 13.0 Å². The summed E-state index contributed by atoms with van der Waals surface area (Å²) in [6.07, 6.45) is 6.16. The number of pyridine rings is 1. The first-order valence-corrected chi connectivity index (χ1v) is 6.92. The first-order valence-electron chi connectivity index (χ1n) is 6.92. The van der Waals surface area contributed by atoms with Crippen molar-refractivity contribution in [2.45, 2.75) is 39.7 Å². The number of carbonyl (C=O) groups is 1. The highest BCUT2D eigenvalue weighted by Crippen LogP contribution is 2.34. The zero-order chi connectivity index (χ0) is 13.9. The van der Waals surface area contributed by atoms with E-state index in [1.165, 1.54) is 0 Å². The summed E-state index contributed by atoms with van der Waals surface area (Å²) in [5.41, 5.74) is 1.75. The predicted molar refractivity (Wildman–Crippen MR) is 73.8 cm³/mol. The molecule has 4 nitrogen and oxygen atoms in total. The number of hydrogen-bond donors (Lipinski definition) is 1. The minimum absolute atomic E-state index is 0.560. The number of nitrogens with zero attached hydrogens (tertiary/aromatic N) is 2. The van der Waals surface area contributed by atoms with Gasteiger partial charge in [0.1, 0.15) is 0 Å². The van der Waals surface area contributed by atoms with Crippen molar-refractivity contribution in [1.29, 1.82) is 0 Å². The van der Waals surface area contributed by atoms with E-state index in [1.54, 1.807) is 0 Å². The third kappa shape index (κ3) is 3.13. The molecule has 1 aliphatic rings. The number of carboxylic acids is 1. The largest absolute Gasteiger partial charge is 0.481 e. The highest BCUT2D eigenvalue weighted by Gasteiger charge is 2.40. The molecule has 0 aliphatic carbocycles. The van der Waals surface area contributed by atoms with Gasteiger partial charge in [0.05, 0.1) is 5.41 Å². The molecule has 1 unspecified atom stereocenters. The van der Waals surface area contributed by atoms with E-state index in [0.29, 0.717) is 13.0 Å².